The van der Waals surface area contributed by atoms with E-state index in [2.05, 4.69) is 17.2 Å². The molecule has 0 aliphatic heterocycles. The van der Waals surface area contributed by atoms with Gasteiger partial charge in [-0.2, -0.15) is 0 Å². The van der Waals surface area contributed by atoms with Crippen molar-refractivity contribution in [1.29, 1.82) is 0 Å². The maximum Gasteiger partial charge on any atom is 0.223 e. The molecule has 1 amide bonds. The Labute approximate surface area is 112 Å². The molecule has 1 rings (SSSR count). The van der Waals surface area contributed by atoms with Gasteiger partial charge in [0.05, 0.1) is 0 Å². The predicted octanol–water partition coefficient (Wildman–Crippen LogP) is 1.83. The van der Waals surface area contributed by atoms with Crippen molar-refractivity contribution >= 4 is 5.91 Å². The van der Waals surface area contributed by atoms with E-state index in [9.17, 15) is 9.18 Å². The minimum absolute atomic E-state index is 0.0829. The molecule has 3 nitrogen and oxygen atoms in total. The molecule has 0 saturated heterocycles. The standard InChI is InChI=1S/C15H18FNO2/c1-3-11(2)15(19)17-10-13-9-12(5-4-8-18)6-7-14(13)16/h6-7,9,11,18H,3,8,10H2,1-2H3,(H,17,19). The molecule has 0 bridgehead atoms. The van der Waals surface area contributed by atoms with Crippen LogP contribution in [-0.4, -0.2) is 17.6 Å². The summed E-state index contributed by atoms with van der Waals surface area (Å²) in [7, 11) is 0. The van der Waals surface area contributed by atoms with Gasteiger partial charge >= 0.3 is 0 Å². The minimum Gasteiger partial charge on any atom is -0.384 e. The van der Waals surface area contributed by atoms with Crippen LogP contribution >= 0.6 is 0 Å². The van der Waals surface area contributed by atoms with E-state index in [4.69, 9.17) is 5.11 Å². The van der Waals surface area contributed by atoms with Gasteiger partial charge in [0.25, 0.3) is 0 Å². The zero-order chi connectivity index (χ0) is 14.3. The van der Waals surface area contributed by atoms with Crippen LogP contribution in [0.25, 0.3) is 0 Å². The second kappa shape index (κ2) is 7.55. The summed E-state index contributed by atoms with van der Waals surface area (Å²) >= 11 is 0. The molecule has 0 fully saturated rings. The van der Waals surface area contributed by atoms with Crippen LogP contribution < -0.4 is 5.32 Å². The Kier molecular flexibility index (Phi) is 6.04. The Balaban J connectivity index is 2.74. The van der Waals surface area contributed by atoms with Gasteiger partial charge in [0.15, 0.2) is 0 Å². The molecule has 102 valence electrons. The van der Waals surface area contributed by atoms with E-state index in [-0.39, 0.29) is 30.8 Å². The number of aliphatic hydroxyl groups excluding tert-OH is 1. The number of nitrogens with one attached hydrogen (secondary N) is 1. The first-order chi connectivity index (χ1) is 9.08. The number of rotatable bonds is 4. The third kappa shape index (κ3) is 4.72. The lowest BCUT2D eigenvalue weighted by Crippen LogP contribution is -2.28. The van der Waals surface area contributed by atoms with Crippen LogP contribution in [0.5, 0.6) is 0 Å². The number of benzene rings is 1. The Morgan fingerprint density at radius 3 is 2.89 bits per heavy atom. The van der Waals surface area contributed by atoms with E-state index < -0.39 is 0 Å². The van der Waals surface area contributed by atoms with Gasteiger partial charge in [-0.25, -0.2) is 4.39 Å². The first kappa shape index (κ1) is 15.2. The maximum atomic E-state index is 13.6. The lowest BCUT2D eigenvalue weighted by atomic mass is 10.1. The molecule has 0 heterocycles. The average Bonchev–Trinajstić information content (AvgIpc) is 2.43. The van der Waals surface area contributed by atoms with Crippen LogP contribution in [0.15, 0.2) is 18.2 Å². The Bertz CT molecular complexity index is 503. The molecule has 0 aliphatic rings. The fourth-order valence-electron chi connectivity index (χ4n) is 1.47. The van der Waals surface area contributed by atoms with E-state index in [0.717, 1.165) is 6.42 Å². The third-order valence-electron chi connectivity index (χ3n) is 2.87. The van der Waals surface area contributed by atoms with E-state index in [1.807, 2.05) is 13.8 Å². The molecule has 2 N–H and O–H groups in total. The lowest BCUT2D eigenvalue weighted by Gasteiger charge is -2.10. The van der Waals surface area contributed by atoms with Gasteiger partial charge in [-0.15, -0.1) is 0 Å². The highest BCUT2D eigenvalue weighted by Crippen LogP contribution is 2.10. The van der Waals surface area contributed by atoms with Crippen molar-refractivity contribution in [3.63, 3.8) is 0 Å². The Morgan fingerprint density at radius 1 is 1.53 bits per heavy atom. The number of carbonyl (C=O) groups excluding carboxylic acids is 1. The molecule has 0 aliphatic carbocycles. The van der Waals surface area contributed by atoms with Crippen molar-refractivity contribution in [3.8, 4) is 11.8 Å². The number of amides is 1. The maximum absolute atomic E-state index is 13.6. The largest absolute Gasteiger partial charge is 0.384 e. The van der Waals surface area contributed by atoms with E-state index in [0.29, 0.717) is 11.1 Å². The van der Waals surface area contributed by atoms with Crippen molar-refractivity contribution in [2.75, 3.05) is 6.61 Å². The van der Waals surface area contributed by atoms with Crippen LogP contribution in [0.1, 0.15) is 31.4 Å². The number of halogens is 1. The van der Waals surface area contributed by atoms with Crippen molar-refractivity contribution in [1.82, 2.24) is 5.32 Å². The van der Waals surface area contributed by atoms with Gasteiger partial charge in [0.2, 0.25) is 5.91 Å². The fraction of sp³-hybridized carbons (Fsp3) is 0.400. The highest BCUT2D eigenvalue weighted by atomic mass is 19.1. The van der Waals surface area contributed by atoms with Crippen LogP contribution in [0.2, 0.25) is 0 Å². The Morgan fingerprint density at radius 2 is 2.26 bits per heavy atom. The van der Waals surface area contributed by atoms with Gasteiger partial charge in [-0.1, -0.05) is 25.7 Å². The molecule has 0 aromatic heterocycles. The van der Waals surface area contributed by atoms with Gasteiger partial charge in [0, 0.05) is 23.6 Å². The zero-order valence-electron chi connectivity index (χ0n) is 11.2. The predicted molar refractivity (Wildman–Crippen MR) is 71.7 cm³/mol. The van der Waals surface area contributed by atoms with E-state index in [1.165, 1.54) is 12.1 Å². The second-order valence-electron chi connectivity index (χ2n) is 4.29. The van der Waals surface area contributed by atoms with Crippen molar-refractivity contribution in [2.24, 2.45) is 5.92 Å². The summed E-state index contributed by atoms with van der Waals surface area (Å²) in [5.41, 5.74) is 1.00. The second-order valence-corrected chi connectivity index (χ2v) is 4.29. The van der Waals surface area contributed by atoms with Crippen molar-refractivity contribution in [3.05, 3.63) is 35.1 Å². The SMILES string of the molecule is CCC(C)C(=O)NCc1cc(C#CCO)ccc1F. The first-order valence-electron chi connectivity index (χ1n) is 6.24. The Hall–Kier alpha value is -1.86. The van der Waals surface area contributed by atoms with Crippen LogP contribution in [0.3, 0.4) is 0 Å². The van der Waals surface area contributed by atoms with Crippen LogP contribution in [-0.2, 0) is 11.3 Å². The highest BCUT2D eigenvalue weighted by molar-refractivity contribution is 5.78. The fourth-order valence-corrected chi connectivity index (χ4v) is 1.47. The van der Waals surface area contributed by atoms with Gasteiger partial charge in [0.1, 0.15) is 12.4 Å². The molecule has 1 atom stereocenters. The van der Waals surface area contributed by atoms with Crippen LogP contribution in [0, 0.1) is 23.6 Å². The van der Waals surface area contributed by atoms with E-state index >= 15 is 0 Å². The quantitative estimate of drug-likeness (QED) is 0.814. The molecule has 1 aromatic carbocycles. The van der Waals surface area contributed by atoms with Crippen molar-refractivity contribution < 1.29 is 14.3 Å². The molecule has 4 heteroatoms. The first-order valence-corrected chi connectivity index (χ1v) is 6.24. The minimum atomic E-state index is -0.376. The number of hydrogen-bond acceptors (Lipinski definition) is 2. The van der Waals surface area contributed by atoms with E-state index in [1.54, 1.807) is 6.07 Å². The lowest BCUT2D eigenvalue weighted by molar-refractivity contribution is -0.124. The highest BCUT2D eigenvalue weighted by Gasteiger charge is 2.11. The monoisotopic (exact) mass is 263 g/mol. The molecule has 1 aromatic rings. The molecule has 0 spiro atoms. The van der Waals surface area contributed by atoms with Crippen LogP contribution in [0.4, 0.5) is 4.39 Å². The number of aliphatic hydroxyl groups is 1. The summed E-state index contributed by atoms with van der Waals surface area (Å²) < 4.78 is 13.6. The third-order valence-corrected chi connectivity index (χ3v) is 2.87. The summed E-state index contributed by atoms with van der Waals surface area (Å²) in [6.07, 6.45) is 0.746. The molecule has 19 heavy (non-hydrogen) atoms. The number of carbonyl (C=O) groups is 1. The molecule has 0 radical (unpaired) electrons. The molecular formula is C15H18FNO2. The topological polar surface area (TPSA) is 49.3 Å². The summed E-state index contributed by atoms with van der Waals surface area (Å²) in [6.45, 7) is 3.66. The zero-order valence-corrected chi connectivity index (χ0v) is 11.2. The molecular weight excluding hydrogens is 245 g/mol. The summed E-state index contributed by atoms with van der Waals surface area (Å²) in [5.74, 6) is 4.66. The van der Waals surface area contributed by atoms with Gasteiger partial charge in [-0.05, 0) is 24.6 Å². The average molecular weight is 263 g/mol. The van der Waals surface area contributed by atoms with Gasteiger partial charge < -0.3 is 10.4 Å². The van der Waals surface area contributed by atoms with Gasteiger partial charge in [-0.3, -0.25) is 4.79 Å². The normalized spacial score (nSPS) is 11.4. The summed E-state index contributed by atoms with van der Waals surface area (Å²) in [5, 5.41) is 11.3. The summed E-state index contributed by atoms with van der Waals surface area (Å²) in [6, 6.07) is 4.43. The van der Waals surface area contributed by atoms with Crippen molar-refractivity contribution in [2.45, 2.75) is 26.8 Å². The molecule has 0 saturated carbocycles. The number of hydrogen-bond donors (Lipinski definition) is 2. The smallest absolute Gasteiger partial charge is 0.223 e. The summed E-state index contributed by atoms with van der Waals surface area (Å²) in [4.78, 5) is 11.6. The molecule has 1 unspecified atom stereocenters.